The van der Waals surface area contributed by atoms with Crippen molar-refractivity contribution in [1.82, 2.24) is 20.2 Å². The second kappa shape index (κ2) is 7.46. The molecule has 0 radical (unpaired) electrons. The summed E-state index contributed by atoms with van der Waals surface area (Å²) in [5.74, 6) is 0.937. The Bertz CT molecular complexity index is 668. The standard InChI is InChI=1S/C17H26N4O2/c1-4-17(3,9-12-22)20-16(23)18-10-11-21-13(2)19-14-7-5-6-8-15(14)21/h5-8,22H,4,9-12H2,1-3H3,(H2,18,20,23). The van der Waals surface area contributed by atoms with Crippen molar-refractivity contribution < 1.29 is 9.90 Å². The molecule has 1 heterocycles. The minimum absolute atomic E-state index is 0.0604. The number of carbonyl (C=O) groups is 1. The van der Waals surface area contributed by atoms with E-state index in [1.807, 2.05) is 45.0 Å². The highest BCUT2D eigenvalue weighted by Gasteiger charge is 2.23. The molecule has 0 aliphatic carbocycles. The van der Waals surface area contributed by atoms with Crippen LogP contribution in [0.1, 0.15) is 32.5 Å². The average Bonchev–Trinajstić information content (AvgIpc) is 2.83. The van der Waals surface area contributed by atoms with E-state index in [1.54, 1.807) is 0 Å². The Labute approximate surface area is 136 Å². The predicted molar refractivity (Wildman–Crippen MR) is 91.4 cm³/mol. The molecule has 2 aromatic rings. The van der Waals surface area contributed by atoms with Gasteiger partial charge in [-0.2, -0.15) is 0 Å². The lowest BCUT2D eigenvalue weighted by atomic mass is 9.95. The van der Waals surface area contributed by atoms with Gasteiger partial charge in [0, 0.05) is 25.2 Å². The highest BCUT2D eigenvalue weighted by atomic mass is 16.3. The normalized spacial score (nSPS) is 13.7. The zero-order valence-corrected chi connectivity index (χ0v) is 14.1. The molecule has 6 heteroatoms. The van der Waals surface area contributed by atoms with Gasteiger partial charge in [0.25, 0.3) is 0 Å². The van der Waals surface area contributed by atoms with Gasteiger partial charge in [0.05, 0.1) is 11.0 Å². The zero-order chi connectivity index (χ0) is 16.9. The molecule has 6 nitrogen and oxygen atoms in total. The Morgan fingerprint density at radius 1 is 1.39 bits per heavy atom. The second-order valence-electron chi connectivity index (χ2n) is 6.07. The molecule has 2 amide bonds. The van der Waals surface area contributed by atoms with Crippen LogP contribution in [0.4, 0.5) is 4.79 Å². The lowest BCUT2D eigenvalue weighted by Gasteiger charge is -2.29. The van der Waals surface area contributed by atoms with Gasteiger partial charge in [0.1, 0.15) is 5.82 Å². The number of benzene rings is 1. The number of nitrogens with zero attached hydrogens (tertiary/aromatic N) is 2. The fourth-order valence-electron chi connectivity index (χ4n) is 2.65. The van der Waals surface area contributed by atoms with Crippen LogP contribution < -0.4 is 10.6 Å². The molecule has 1 unspecified atom stereocenters. The van der Waals surface area contributed by atoms with Crippen LogP contribution in [0.5, 0.6) is 0 Å². The first-order valence-electron chi connectivity index (χ1n) is 8.08. The predicted octanol–water partition coefficient (Wildman–Crippen LogP) is 2.20. The van der Waals surface area contributed by atoms with Crippen LogP contribution in [0, 0.1) is 6.92 Å². The number of carbonyl (C=O) groups excluding carboxylic acids is 1. The fourth-order valence-corrected chi connectivity index (χ4v) is 2.65. The monoisotopic (exact) mass is 318 g/mol. The number of amides is 2. The van der Waals surface area contributed by atoms with Crippen LogP contribution in [0.15, 0.2) is 24.3 Å². The summed E-state index contributed by atoms with van der Waals surface area (Å²) in [4.78, 5) is 16.6. The third kappa shape index (κ3) is 4.22. The van der Waals surface area contributed by atoms with E-state index < -0.39 is 0 Å². The Morgan fingerprint density at radius 2 is 2.13 bits per heavy atom. The van der Waals surface area contributed by atoms with Crippen LogP contribution in [-0.2, 0) is 6.54 Å². The van der Waals surface area contributed by atoms with Gasteiger partial charge in [-0.15, -0.1) is 0 Å². The van der Waals surface area contributed by atoms with Gasteiger partial charge >= 0.3 is 6.03 Å². The number of hydrogen-bond acceptors (Lipinski definition) is 3. The maximum atomic E-state index is 12.0. The van der Waals surface area contributed by atoms with E-state index in [4.69, 9.17) is 5.11 Å². The van der Waals surface area contributed by atoms with Crippen LogP contribution in [0.2, 0.25) is 0 Å². The van der Waals surface area contributed by atoms with Gasteiger partial charge in [0.15, 0.2) is 0 Å². The molecule has 0 bridgehead atoms. The van der Waals surface area contributed by atoms with E-state index >= 15 is 0 Å². The molecule has 3 N–H and O–H groups in total. The number of aliphatic hydroxyl groups is 1. The molecule has 1 atom stereocenters. The van der Waals surface area contributed by atoms with Crippen molar-refractivity contribution in [1.29, 1.82) is 0 Å². The van der Waals surface area contributed by atoms with Gasteiger partial charge in [-0.05, 0) is 38.8 Å². The smallest absolute Gasteiger partial charge is 0.315 e. The second-order valence-corrected chi connectivity index (χ2v) is 6.07. The van der Waals surface area contributed by atoms with Crippen molar-refractivity contribution in [2.75, 3.05) is 13.2 Å². The van der Waals surface area contributed by atoms with Crippen molar-refractivity contribution >= 4 is 17.1 Å². The molecule has 0 saturated carbocycles. The van der Waals surface area contributed by atoms with Gasteiger partial charge in [0.2, 0.25) is 0 Å². The molecule has 23 heavy (non-hydrogen) atoms. The number of imidazole rings is 1. The van der Waals surface area contributed by atoms with E-state index in [1.165, 1.54) is 0 Å². The molecule has 0 aliphatic heterocycles. The summed E-state index contributed by atoms with van der Waals surface area (Å²) in [7, 11) is 0. The Kier molecular flexibility index (Phi) is 5.60. The first-order chi connectivity index (χ1) is 11.0. The van der Waals surface area contributed by atoms with Crippen molar-refractivity contribution in [2.24, 2.45) is 0 Å². The topological polar surface area (TPSA) is 79.2 Å². The first-order valence-corrected chi connectivity index (χ1v) is 8.08. The van der Waals surface area contributed by atoms with Crippen LogP contribution in [0.25, 0.3) is 11.0 Å². The fraction of sp³-hybridized carbons (Fsp3) is 0.529. The minimum atomic E-state index is -0.379. The highest BCUT2D eigenvalue weighted by Crippen LogP contribution is 2.15. The number of rotatable bonds is 7. The van der Waals surface area contributed by atoms with Gasteiger partial charge in [-0.25, -0.2) is 9.78 Å². The summed E-state index contributed by atoms with van der Waals surface area (Å²) in [5.41, 5.74) is 1.66. The van der Waals surface area contributed by atoms with E-state index in [2.05, 4.69) is 20.2 Å². The number of hydrogen-bond donors (Lipinski definition) is 3. The molecule has 0 fully saturated rings. The van der Waals surface area contributed by atoms with E-state index in [9.17, 15) is 4.79 Å². The van der Waals surface area contributed by atoms with Crippen molar-refractivity contribution in [2.45, 2.75) is 45.7 Å². The summed E-state index contributed by atoms with van der Waals surface area (Å²) in [5, 5.41) is 14.9. The molecule has 0 saturated heterocycles. The summed E-state index contributed by atoms with van der Waals surface area (Å²) in [6, 6.07) is 7.77. The maximum absolute atomic E-state index is 12.0. The molecule has 1 aromatic carbocycles. The molecule has 126 valence electrons. The third-order valence-corrected chi connectivity index (χ3v) is 4.33. The largest absolute Gasteiger partial charge is 0.396 e. The molecule has 2 rings (SSSR count). The molecule has 0 aliphatic rings. The van der Waals surface area contributed by atoms with Crippen molar-refractivity contribution in [3.05, 3.63) is 30.1 Å². The Morgan fingerprint density at radius 3 is 2.83 bits per heavy atom. The molecular formula is C17H26N4O2. The molecular weight excluding hydrogens is 292 g/mol. The maximum Gasteiger partial charge on any atom is 0.315 e. The van der Waals surface area contributed by atoms with Crippen molar-refractivity contribution in [3.63, 3.8) is 0 Å². The Hall–Kier alpha value is -2.08. The van der Waals surface area contributed by atoms with E-state index in [0.717, 1.165) is 23.3 Å². The van der Waals surface area contributed by atoms with E-state index in [0.29, 0.717) is 19.5 Å². The zero-order valence-electron chi connectivity index (χ0n) is 14.1. The highest BCUT2D eigenvalue weighted by molar-refractivity contribution is 5.76. The first kappa shape index (κ1) is 17.3. The number of para-hydroxylation sites is 2. The van der Waals surface area contributed by atoms with Crippen LogP contribution in [-0.4, -0.2) is 39.4 Å². The number of aryl methyl sites for hydroxylation is 1. The summed E-state index contributed by atoms with van der Waals surface area (Å²) < 4.78 is 2.10. The lowest BCUT2D eigenvalue weighted by molar-refractivity contribution is 0.200. The van der Waals surface area contributed by atoms with E-state index in [-0.39, 0.29) is 18.2 Å². The average molecular weight is 318 g/mol. The third-order valence-electron chi connectivity index (χ3n) is 4.33. The quantitative estimate of drug-likeness (QED) is 0.732. The van der Waals surface area contributed by atoms with Crippen LogP contribution in [0.3, 0.4) is 0 Å². The lowest BCUT2D eigenvalue weighted by Crippen LogP contribution is -2.50. The number of urea groups is 1. The SMILES string of the molecule is CCC(C)(CCO)NC(=O)NCCn1c(C)nc2ccccc21. The van der Waals surface area contributed by atoms with Gasteiger partial charge in [-0.1, -0.05) is 19.1 Å². The van der Waals surface area contributed by atoms with Gasteiger partial charge in [-0.3, -0.25) is 0 Å². The molecule has 0 spiro atoms. The molecule has 1 aromatic heterocycles. The minimum Gasteiger partial charge on any atom is -0.396 e. The summed E-state index contributed by atoms with van der Waals surface area (Å²) in [6.07, 6.45) is 1.31. The summed E-state index contributed by atoms with van der Waals surface area (Å²) >= 11 is 0. The van der Waals surface area contributed by atoms with Gasteiger partial charge < -0.3 is 20.3 Å². The number of nitrogens with one attached hydrogen (secondary N) is 2. The number of aliphatic hydroxyl groups excluding tert-OH is 1. The summed E-state index contributed by atoms with van der Waals surface area (Å²) in [6.45, 7) is 7.15. The van der Waals surface area contributed by atoms with Crippen molar-refractivity contribution in [3.8, 4) is 0 Å². The number of aromatic nitrogens is 2. The Balaban J connectivity index is 1.91. The van der Waals surface area contributed by atoms with Crippen LogP contribution >= 0.6 is 0 Å². The number of fused-ring (bicyclic) bond motifs is 1.